The summed E-state index contributed by atoms with van der Waals surface area (Å²) in [4.78, 5) is 14.9. The highest BCUT2D eigenvalue weighted by molar-refractivity contribution is 5.76. The lowest BCUT2D eigenvalue weighted by molar-refractivity contribution is -0.132. The van der Waals surface area contributed by atoms with Crippen LogP contribution < -0.4 is 0 Å². The van der Waals surface area contributed by atoms with E-state index in [1.54, 1.807) is 0 Å². The second kappa shape index (κ2) is 9.17. The molecule has 1 amide bonds. The lowest BCUT2D eigenvalue weighted by atomic mass is 10.1. The smallest absolute Gasteiger partial charge is 0.224 e. The number of amides is 1. The molecule has 0 N–H and O–H groups in total. The summed E-state index contributed by atoms with van der Waals surface area (Å²) >= 11 is 0. The van der Waals surface area contributed by atoms with Gasteiger partial charge >= 0.3 is 0 Å². The molecule has 140 valence electrons. The summed E-state index contributed by atoms with van der Waals surface area (Å²) in [6.45, 7) is 5.99. The Morgan fingerprint density at radius 1 is 0.963 bits per heavy atom. The van der Waals surface area contributed by atoms with Gasteiger partial charge in [-0.05, 0) is 37.5 Å². The molecule has 0 saturated heterocycles. The lowest BCUT2D eigenvalue weighted by Crippen LogP contribution is -2.33. The number of hydrogen-bond acceptors (Lipinski definition) is 2. The molecule has 0 aliphatic heterocycles. The Morgan fingerprint density at radius 2 is 1.59 bits per heavy atom. The van der Waals surface area contributed by atoms with Crippen LogP contribution in [0.1, 0.15) is 28.9 Å². The molecule has 0 unspecified atom stereocenters. The molecule has 0 aliphatic rings. The largest absolute Gasteiger partial charge is 0.338 e. The third-order valence-electron chi connectivity index (χ3n) is 4.72. The van der Waals surface area contributed by atoms with Crippen molar-refractivity contribution < 1.29 is 4.79 Å². The zero-order chi connectivity index (χ0) is 19.1. The fraction of sp³-hybridized carbons (Fsp3) is 0.304. The number of aryl methyl sites for hydroxylation is 3. The van der Waals surface area contributed by atoms with Gasteiger partial charge in [0.2, 0.25) is 5.91 Å². The molecule has 0 atom stereocenters. The molecule has 4 nitrogen and oxygen atoms in total. The van der Waals surface area contributed by atoms with Crippen molar-refractivity contribution in [1.82, 2.24) is 14.7 Å². The Kier molecular flexibility index (Phi) is 6.42. The second-order valence-electron chi connectivity index (χ2n) is 6.94. The maximum Gasteiger partial charge on any atom is 0.224 e. The van der Waals surface area contributed by atoms with Crippen molar-refractivity contribution >= 4 is 5.91 Å². The molecule has 0 fully saturated rings. The van der Waals surface area contributed by atoms with Gasteiger partial charge in [-0.25, -0.2) is 0 Å². The second-order valence-corrected chi connectivity index (χ2v) is 6.94. The van der Waals surface area contributed by atoms with Crippen molar-refractivity contribution in [3.63, 3.8) is 0 Å². The van der Waals surface area contributed by atoms with E-state index in [-0.39, 0.29) is 5.91 Å². The van der Waals surface area contributed by atoms with E-state index in [1.165, 1.54) is 5.56 Å². The van der Waals surface area contributed by atoms with E-state index < -0.39 is 0 Å². The Labute approximate surface area is 161 Å². The van der Waals surface area contributed by atoms with E-state index in [0.29, 0.717) is 19.5 Å². The van der Waals surface area contributed by atoms with Gasteiger partial charge in [-0.3, -0.25) is 9.48 Å². The van der Waals surface area contributed by atoms with Crippen LogP contribution in [-0.2, 0) is 24.3 Å². The monoisotopic (exact) mass is 361 g/mol. The molecule has 27 heavy (non-hydrogen) atoms. The Bertz CT molecular complexity index is 856. The highest BCUT2D eigenvalue weighted by Gasteiger charge is 2.15. The van der Waals surface area contributed by atoms with Gasteiger partial charge in [0.15, 0.2) is 0 Å². The van der Waals surface area contributed by atoms with Crippen LogP contribution in [0.2, 0.25) is 0 Å². The summed E-state index contributed by atoms with van der Waals surface area (Å²) in [5, 5.41) is 4.47. The predicted molar refractivity (Wildman–Crippen MR) is 108 cm³/mol. The zero-order valence-electron chi connectivity index (χ0n) is 16.1. The van der Waals surface area contributed by atoms with Crippen LogP contribution in [0.15, 0.2) is 66.7 Å². The van der Waals surface area contributed by atoms with E-state index in [2.05, 4.69) is 29.4 Å². The normalized spacial score (nSPS) is 10.7. The topological polar surface area (TPSA) is 38.1 Å². The number of hydrogen-bond donors (Lipinski definition) is 0. The maximum absolute atomic E-state index is 12.9. The van der Waals surface area contributed by atoms with Crippen LogP contribution in [-0.4, -0.2) is 27.1 Å². The van der Waals surface area contributed by atoms with Gasteiger partial charge in [0, 0.05) is 31.7 Å². The molecule has 1 heterocycles. The van der Waals surface area contributed by atoms with E-state index in [1.807, 2.05) is 65.9 Å². The minimum atomic E-state index is 0.169. The van der Waals surface area contributed by atoms with Crippen LogP contribution >= 0.6 is 0 Å². The van der Waals surface area contributed by atoms with Crippen LogP contribution in [0.25, 0.3) is 0 Å². The van der Waals surface area contributed by atoms with Gasteiger partial charge in [0.05, 0.1) is 5.69 Å². The van der Waals surface area contributed by atoms with E-state index in [4.69, 9.17) is 0 Å². The number of aromatic nitrogens is 2. The first-order chi connectivity index (χ1) is 13.1. The van der Waals surface area contributed by atoms with Gasteiger partial charge in [-0.1, -0.05) is 60.7 Å². The lowest BCUT2D eigenvalue weighted by Gasteiger charge is -2.23. The Balaban J connectivity index is 1.65. The number of benzene rings is 2. The summed E-state index contributed by atoms with van der Waals surface area (Å²) in [6.07, 6.45) is 1.32. The van der Waals surface area contributed by atoms with Gasteiger partial charge in [-0.15, -0.1) is 0 Å². The number of nitrogens with zero attached hydrogens (tertiary/aromatic N) is 3. The summed E-state index contributed by atoms with van der Waals surface area (Å²) in [6, 6.07) is 22.6. The Morgan fingerprint density at radius 3 is 2.19 bits per heavy atom. The standard InChI is InChI=1S/C23H27N3O/c1-19-17-20(2)26(24-19)16-14-23(27)25(18-22-11-7-4-8-12-22)15-13-21-9-5-3-6-10-21/h3-12,17H,13-16,18H2,1-2H3. The van der Waals surface area contributed by atoms with Gasteiger partial charge in [-0.2, -0.15) is 5.10 Å². The molecule has 2 aromatic carbocycles. The van der Waals surface area contributed by atoms with Crippen molar-refractivity contribution in [2.24, 2.45) is 0 Å². The molecule has 0 radical (unpaired) electrons. The van der Waals surface area contributed by atoms with Crippen molar-refractivity contribution in [3.8, 4) is 0 Å². The average Bonchev–Trinajstić information content (AvgIpc) is 3.02. The third-order valence-corrected chi connectivity index (χ3v) is 4.72. The summed E-state index contributed by atoms with van der Waals surface area (Å²) in [5.74, 6) is 0.169. The first-order valence-electron chi connectivity index (χ1n) is 9.48. The molecule has 0 aliphatic carbocycles. The van der Waals surface area contributed by atoms with E-state index in [0.717, 1.165) is 29.9 Å². The minimum Gasteiger partial charge on any atom is -0.338 e. The fourth-order valence-corrected chi connectivity index (χ4v) is 3.27. The van der Waals surface area contributed by atoms with Gasteiger partial charge in [0.1, 0.15) is 0 Å². The highest BCUT2D eigenvalue weighted by Crippen LogP contribution is 2.10. The fourth-order valence-electron chi connectivity index (χ4n) is 3.27. The summed E-state index contributed by atoms with van der Waals surface area (Å²) in [7, 11) is 0. The average molecular weight is 361 g/mol. The number of carbonyl (C=O) groups excluding carboxylic acids is 1. The molecular formula is C23H27N3O. The van der Waals surface area contributed by atoms with Gasteiger partial charge in [0.25, 0.3) is 0 Å². The van der Waals surface area contributed by atoms with Crippen molar-refractivity contribution in [2.75, 3.05) is 6.54 Å². The van der Waals surface area contributed by atoms with Crippen LogP contribution in [0.3, 0.4) is 0 Å². The first kappa shape index (κ1) is 18.9. The van der Waals surface area contributed by atoms with Crippen LogP contribution in [0.5, 0.6) is 0 Å². The quantitative estimate of drug-likeness (QED) is 0.604. The third kappa shape index (κ3) is 5.55. The van der Waals surface area contributed by atoms with E-state index >= 15 is 0 Å². The van der Waals surface area contributed by atoms with Gasteiger partial charge < -0.3 is 4.90 Å². The van der Waals surface area contributed by atoms with Crippen molar-refractivity contribution in [3.05, 3.63) is 89.2 Å². The molecular weight excluding hydrogens is 334 g/mol. The van der Waals surface area contributed by atoms with Crippen LogP contribution in [0.4, 0.5) is 0 Å². The summed E-state index contributed by atoms with van der Waals surface area (Å²) < 4.78 is 1.92. The molecule has 0 spiro atoms. The van der Waals surface area contributed by atoms with Crippen molar-refractivity contribution in [2.45, 2.75) is 39.8 Å². The predicted octanol–water partition coefficient (Wildman–Crippen LogP) is 4.16. The SMILES string of the molecule is Cc1cc(C)n(CCC(=O)N(CCc2ccccc2)Cc2ccccc2)n1. The molecule has 4 heteroatoms. The molecule has 0 bridgehead atoms. The zero-order valence-corrected chi connectivity index (χ0v) is 16.1. The Hall–Kier alpha value is -2.88. The minimum absolute atomic E-state index is 0.169. The highest BCUT2D eigenvalue weighted by atomic mass is 16.2. The molecule has 0 saturated carbocycles. The van der Waals surface area contributed by atoms with Crippen LogP contribution in [0, 0.1) is 13.8 Å². The number of carbonyl (C=O) groups is 1. The summed E-state index contributed by atoms with van der Waals surface area (Å²) in [5.41, 5.74) is 4.50. The molecule has 3 aromatic rings. The number of rotatable bonds is 8. The molecule has 1 aromatic heterocycles. The molecule has 3 rings (SSSR count). The van der Waals surface area contributed by atoms with E-state index in [9.17, 15) is 4.79 Å². The first-order valence-corrected chi connectivity index (χ1v) is 9.48. The maximum atomic E-state index is 12.9. The van der Waals surface area contributed by atoms with Crippen molar-refractivity contribution in [1.29, 1.82) is 0 Å².